The van der Waals surface area contributed by atoms with Crippen LogP contribution in [-0.4, -0.2) is 16.3 Å². The van der Waals surface area contributed by atoms with Gasteiger partial charge in [0.25, 0.3) is 5.56 Å². The van der Waals surface area contributed by atoms with E-state index >= 15 is 0 Å². The van der Waals surface area contributed by atoms with E-state index in [0.29, 0.717) is 5.69 Å². The summed E-state index contributed by atoms with van der Waals surface area (Å²) in [6.07, 6.45) is 2.39. The maximum atomic E-state index is 13.5. The van der Waals surface area contributed by atoms with E-state index in [1.807, 2.05) is 6.92 Å². The highest BCUT2D eigenvalue weighted by Crippen LogP contribution is 2.12. The number of anilines is 1. The van der Waals surface area contributed by atoms with Gasteiger partial charge in [-0.05, 0) is 18.6 Å². The van der Waals surface area contributed by atoms with Crippen molar-refractivity contribution in [3.8, 4) is 0 Å². The Morgan fingerprint density at radius 3 is 2.60 bits per heavy atom. The normalized spacial score (nSPS) is 10.6. The maximum Gasteiger partial charge on any atom is 0.269 e. The molecule has 2 aromatic rings. The number of benzene rings is 1. The zero-order chi connectivity index (χ0) is 14.5. The van der Waals surface area contributed by atoms with Crippen LogP contribution in [0.15, 0.2) is 35.3 Å². The topological polar surface area (TPSA) is 46.9 Å². The van der Waals surface area contributed by atoms with Crippen molar-refractivity contribution in [2.45, 2.75) is 19.9 Å². The summed E-state index contributed by atoms with van der Waals surface area (Å²) >= 11 is 0. The van der Waals surface area contributed by atoms with Gasteiger partial charge in [0.1, 0.15) is 11.6 Å². The molecular weight excluding hydrogens is 264 g/mol. The summed E-state index contributed by atoms with van der Waals surface area (Å²) in [7, 11) is 0. The molecule has 0 spiro atoms. The fourth-order valence-electron chi connectivity index (χ4n) is 1.75. The molecule has 0 unspecified atom stereocenters. The second-order valence-corrected chi connectivity index (χ2v) is 4.37. The van der Waals surface area contributed by atoms with Gasteiger partial charge in [0.2, 0.25) is 0 Å². The van der Waals surface area contributed by atoms with Crippen LogP contribution in [0.1, 0.15) is 18.9 Å². The molecule has 0 atom stereocenters. The summed E-state index contributed by atoms with van der Waals surface area (Å²) in [6.45, 7) is 2.50. The van der Waals surface area contributed by atoms with Gasteiger partial charge in [-0.15, -0.1) is 0 Å². The first-order chi connectivity index (χ1) is 9.61. The van der Waals surface area contributed by atoms with E-state index in [0.717, 1.165) is 29.8 Å². The van der Waals surface area contributed by atoms with Crippen molar-refractivity contribution in [2.75, 3.05) is 11.9 Å². The lowest BCUT2D eigenvalue weighted by Crippen LogP contribution is -2.24. The Balaban J connectivity index is 2.24. The maximum absolute atomic E-state index is 13.5. The van der Waals surface area contributed by atoms with E-state index in [1.165, 1.54) is 18.3 Å². The van der Waals surface area contributed by atoms with E-state index < -0.39 is 17.2 Å². The highest BCUT2D eigenvalue weighted by molar-refractivity contribution is 5.38. The molecule has 4 nitrogen and oxygen atoms in total. The van der Waals surface area contributed by atoms with Gasteiger partial charge in [-0.2, -0.15) is 5.10 Å². The van der Waals surface area contributed by atoms with E-state index in [2.05, 4.69) is 10.4 Å². The molecule has 0 bridgehead atoms. The van der Waals surface area contributed by atoms with Crippen molar-refractivity contribution in [3.63, 3.8) is 0 Å². The first-order valence-electron chi connectivity index (χ1n) is 6.35. The average Bonchev–Trinajstić information content (AvgIpc) is 2.42. The number of nitrogens with zero attached hydrogens (tertiary/aromatic N) is 2. The minimum absolute atomic E-state index is 0.170. The standard InChI is InChI=1S/C14H15F2N3O/c1-2-6-17-10-7-14(20)19(18-8-10)9-11-12(15)4-3-5-13(11)16/h3-5,7-8,17H,2,6,9H2,1H3. The molecule has 1 N–H and O–H groups in total. The van der Waals surface area contributed by atoms with Crippen LogP contribution in [-0.2, 0) is 6.54 Å². The Hall–Kier alpha value is -2.24. The molecule has 0 saturated carbocycles. The van der Waals surface area contributed by atoms with Crippen LogP contribution in [0.3, 0.4) is 0 Å². The second kappa shape index (κ2) is 6.27. The first kappa shape index (κ1) is 14.2. The summed E-state index contributed by atoms with van der Waals surface area (Å²) in [5.74, 6) is -1.38. The molecular formula is C14H15F2N3O. The Kier molecular flexibility index (Phi) is 4.45. The Labute approximate surface area is 115 Å². The van der Waals surface area contributed by atoms with E-state index in [1.54, 1.807) is 0 Å². The van der Waals surface area contributed by atoms with Gasteiger partial charge in [0.15, 0.2) is 0 Å². The number of halogens is 2. The highest BCUT2D eigenvalue weighted by Gasteiger charge is 2.10. The monoisotopic (exact) mass is 279 g/mol. The second-order valence-electron chi connectivity index (χ2n) is 4.37. The van der Waals surface area contributed by atoms with Crippen molar-refractivity contribution in [1.82, 2.24) is 9.78 Å². The third-order valence-electron chi connectivity index (χ3n) is 2.82. The molecule has 1 aromatic heterocycles. The minimum Gasteiger partial charge on any atom is -0.384 e. The molecule has 0 aliphatic carbocycles. The average molecular weight is 279 g/mol. The molecule has 0 fully saturated rings. The number of rotatable bonds is 5. The quantitative estimate of drug-likeness (QED) is 0.914. The molecule has 6 heteroatoms. The highest BCUT2D eigenvalue weighted by atomic mass is 19.1. The van der Waals surface area contributed by atoms with Crippen molar-refractivity contribution < 1.29 is 8.78 Å². The smallest absolute Gasteiger partial charge is 0.269 e. The predicted molar refractivity (Wildman–Crippen MR) is 72.7 cm³/mol. The lowest BCUT2D eigenvalue weighted by atomic mass is 10.2. The third-order valence-corrected chi connectivity index (χ3v) is 2.82. The van der Waals surface area contributed by atoms with Crippen molar-refractivity contribution >= 4 is 5.69 Å². The van der Waals surface area contributed by atoms with Crippen molar-refractivity contribution in [3.05, 3.63) is 58.0 Å². The van der Waals surface area contributed by atoms with E-state index in [9.17, 15) is 13.6 Å². The third kappa shape index (κ3) is 3.20. The molecule has 1 aromatic carbocycles. The number of hydrogen-bond acceptors (Lipinski definition) is 3. The molecule has 1 heterocycles. The van der Waals surface area contributed by atoms with Crippen LogP contribution in [0.5, 0.6) is 0 Å². The van der Waals surface area contributed by atoms with Gasteiger partial charge in [-0.3, -0.25) is 4.79 Å². The fourth-order valence-corrected chi connectivity index (χ4v) is 1.75. The lowest BCUT2D eigenvalue weighted by Gasteiger charge is -2.08. The zero-order valence-electron chi connectivity index (χ0n) is 11.1. The summed E-state index contributed by atoms with van der Waals surface area (Å²) in [6, 6.07) is 4.95. The van der Waals surface area contributed by atoms with Crippen molar-refractivity contribution in [2.24, 2.45) is 0 Å². The Morgan fingerprint density at radius 2 is 2.00 bits per heavy atom. The molecule has 2 rings (SSSR count). The molecule has 0 saturated heterocycles. The SMILES string of the molecule is CCCNc1cnn(Cc2c(F)cccc2F)c(=O)c1. The van der Waals surface area contributed by atoms with Gasteiger partial charge in [0.05, 0.1) is 18.4 Å². The lowest BCUT2D eigenvalue weighted by molar-refractivity contribution is 0.524. The van der Waals surface area contributed by atoms with Gasteiger partial charge in [-0.25, -0.2) is 13.5 Å². The molecule has 20 heavy (non-hydrogen) atoms. The molecule has 0 aliphatic rings. The predicted octanol–water partition coefficient (Wildman–Crippen LogP) is 2.39. The number of nitrogens with one attached hydrogen (secondary N) is 1. The van der Waals surface area contributed by atoms with Crippen LogP contribution in [0.2, 0.25) is 0 Å². The molecule has 0 aliphatic heterocycles. The van der Waals surface area contributed by atoms with Crippen LogP contribution in [0, 0.1) is 11.6 Å². The van der Waals surface area contributed by atoms with Crippen LogP contribution in [0.4, 0.5) is 14.5 Å². The molecule has 0 radical (unpaired) electrons. The van der Waals surface area contributed by atoms with Crippen molar-refractivity contribution in [1.29, 1.82) is 0 Å². The molecule has 0 amide bonds. The minimum atomic E-state index is -0.688. The summed E-state index contributed by atoms with van der Waals surface area (Å²) in [5.41, 5.74) is 0.0206. The van der Waals surface area contributed by atoms with Crippen LogP contribution < -0.4 is 10.9 Å². The van der Waals surface area contributed by atoms with Crippen LogP contribution in [0.25, 0.3) is 0 Å². The van der Waals surface area contributed by atoms with E-state index in [-0.39, 0.29) is 12.1 Å². The van der Waals surface area contributed by atoms with Gasteiger partial charge >= 0.3 is 0 Å². The fraction of sp³-hybridized carbons (Fsp3) is 0.286. The largest absolute Gasteiger partial charge is 0.384 e. The number of hydrogen-bond donors (Lipinski definition) is 1. The Morgan fingerprint density at radius 1 is 1.30 bits per heavy atom. The first-order valence-corrected chi connectivity index (χ1v) is 6.35. The van der Waals surface area contributed by atoms with Gasteiger partial charge < -0.3 is 5.32 Å². The van der Waals surface area contributed by atoms with Gasteiger partial charge in [-0.1, -0.05) is 13.0 Å². The Bertz CT molecular complexity index is 635. The summed E-state index contributed by atoms with van der Waals surface area (Å²) < 4.78 is 28.1. The number of aromatic nitrogens is 2. The van der Waals surface area contributed by atoms with Gasteiger partial charge in [0, 0.05) is 18.2 Å². The van der Waals surface area contributed by atoms with Crippen LogP contribution >= 0.6 is 0 Å². The zero-order valence-corrected chi connectivity index (χ0v) is 11.1. The molecule has 106 valence electrons. The summed E-state index contributed by atoms with van der Waals surface area (Å²) in [5, 5.41) is 6.94. The van der Waals surface area contributed by atoms with E-state index in [4.69, 9.17) is 0 Å². The summed E-state index contributed by atoms with van der Waals surface area (Å²) in [4.78, 5) is 11.8.